The first-order valence-corrected chi connectivity index (χ1v) is 8.50. The molecule has 0 aromatic carbocycles. The molecule has 5 heteroatoms. The number of aliphatic hydroxyl groups excluding tert-OH is 1. The largest absolute Gasteiger partial charge is 0.389 e. The van der Waals surface area contributed by atoms with Crippen molar-refractivity contribution < 1.29 is 15.0 Å². The van der Waals surface area contributed by atoms with Crippen LogP contribution in [-0.2, 0) is 4.79 Å². The molecule has 1 aliphatic heterocycles. The quantitative estimate of drug-likeness (QED) is 0.728. The maximum absolute atomic E-state index is 11.7. The summed E-state index contributed by atoms with van der Waals surface area (Å²) in [4.78, 5) is 13.9. The minimum absolute atomic E-state index is 0.0935. The molecule has 1 unspecified atom stereocenters. The topological polar surface area (TPSA) is 72.8 Å². The highest BCUT2D eigenvalue weighted by molar-refractivity contribution is 5.75. The molecule has 1 aliphatic carbocycles. The van der Waals surface area contributed by atoms with E-state index in [2.05, 4.69) is 10.2 Å². The van der Waals surface area contributed by atoms with Crippen molar-refractivity contribution in [1.82, 2.24) is 10.2 Å². The van der Waals surface area contributed by atoms with Crippen LogP contribution >= 0.6 is 0 Å². The van der Waals surface area contributed by atoms with Crippen molar-refractivity contribution in [2.45, 2.75) is 69.5 Å². The van der Waals surface area contributed by atoms with E-state index >= 15 is 0 Å². The summed E-state index contributed by atoms with van der Waals surface area (Å²) in [5, 5.41) is 23.8. The third-order valence-electron chi connectivity index (χ3n) is 4.90. The van der Waals surface area contributed by atoms with E-state index in [0.29, 0.717) is 32.4 Å². The van der Waals surface area contributed by atoms with E-state index in [1.165, 1.54) is 0 Å². The van der Waals surface area contributed by atoms with Gasteiger partial charge in [-0.1, -0.05) is 25.7 Å². The monoisotopic (exact) mass is 298 g/mol. The van der Waals surface area contributed by atoms with Crippen LogP contribution in [0.25, 0.3) is 0 Å². The van der Waals surface area contributed by atoms with Gasteiger partial charge in [-0.25, -0.2) is 0 Å². The summed E-state index contributed by atoms with van der Waals surface area (Å²) in [6.07, 6.45) is 7.61. The van der Waals surface area contributed by atoms with E-state index in [9.17, 15) is 15.0 Å². The summed E-state index contributed by atoms with van der Waals surface area (Å²) in [7, 11) is 0. The molecule has 0 spiro atoms. The number of β-amino-alcohol motifs (C(OH)–C–C–N with tert-alkyl or cyclic N) is 1. The molecule has 0 bridgehead atoms. The molecule has 122 valence electrons. The van der Waals surface area contributed by atoms with Crippen molar-refractivity contribution in [2.24, 2.45) is 0 Å². The molecule has 0 aromatic rings. The first-order chi connectivity index (χ1) is 10.1. The van der Waals surface area contributed by atoms with Gasteiger partial charge in [-0.2, -0.15) is 0 Å². The van der Waals surface area contributed by atoms with E-state index < -0.39 is 11.7 Å². The number of nitrogens with zero attached hydrogens (tertiary/aromatic N) is 1. The van der Waals surface area contributed by atoms with Gasteiger partial charge in [0.15, 0.2) is 0 Å². The Bertz CT molecular complexity index is 329. The van der Waals surface area contributed by atoms with E-state index in [0.717, 1.165) is 51.6 Å². The van der Waals surface area contributed by atoms with Crippen LogP contribution < -0.4 is 5.32 Å². The summed E-state index contributed by atoms with van der Waals surface area (Å²) in [6.45, 7) is 2.82. The van der Waals surface area contributed by atoms with Crippen LogP contribution in [0.3, 0.4) is 0 Å². The van der Waals surface area contributed by atoms with Gasteiger partial charge in [-0.3, -0.25) is 4.79 Å². The molecule has 1 amide bonds. The Morgan fingerprint density at radius 3 is 2.57 bits per heavy atom. The van der Waals surface area contributed by atoms with Crippen LogP contribution in [0.5, 0.6) is 0 Å². The second-order valence-corrected chi connectivity index (χ2v) is 6.64. The highest BCUT2D eigenvalue weighted by Gasteiger charge is 2.39. The summed E-state index contributed by atoms with van der Waals surface area (Å²) in [5.41, 5.74) is -0.908. The first kappa shape index (κ1) is 16.7. The maximum Gasteiger partial charge on any atom is 0.221 e. The fraction of sp³-hybridized carbons (Fsp3) is 0.938. The number of hydrogen-bond donors (Lipinski definition) is 3. The molecule has 3 N–H and O–H groups in total. The second-order valence-electron chi connectivity index (χ2n) is 6.64. The lowest BCUT2D eigenvalue weighted by Gasteiger charge is -2.33. The van der Waals surface area contributed by atoms with Gasteiger partial charge in [-0.15, -0.1) is 0 Å². The fourth-order valence-corrected chi connectivity index (χ4v) is 3.42. The predicted octanol–water partition coefficient (Wildman–Crippen LogP) is 1.03. The minimum atomic E-state index is -0.908. The molecule has 1 heterocycles. The Hall–Kier alpha value is -0.650. The van der Waals surface area contributed by atoms with Gasteiger partial charge in [-0.05, 0) is 32.2 Å². The van der Waals surface area contributed by atoms with Gasteiger partial charge in [0.1, 0.15) is 0 Å². The van der Waals surface area contributed by atoms with Gasteiger partial charge in [0.25, 0.3) is 0 Å². The van der Waals surface area contributed by atoms with Crippen LogP contribution in [0, 0.1) is 0 Å². The van der Waals surface area contributed by atoms with Gasteiger partial charge >= 0.3 is 0 Å². The molecule has 2 fully saturated rings. The van der Waals surface area contributed by atoms with Crippen LogP contribution in [-0.4, -0.2) is 58.9 Å². The van der Waals surface area contributed by atoms with Gasteiger partial charge in [0.05, 0.1) is 11.7 Å². The van der Waals surface area contributed by atoms with Crippen LogP contribution in [0.2, 0.25) is 0 Å². The Morgan fingerprint density at radius 2 is 1.81 bits per heavy atom. The normalized spacial score (nSPS) is 26.9. The Balaban J connectivity index is 1.86. The zero-order valence-corrected chi connectivity index (χ0v) is 13.0. The van der Waals surface area contributed by atoms with Crippen molar-refractivity contribution in [3.63, 3.8) is 0 Å². The minimum Gasteiger partial charge on any atom is -0.389 e. The van der Waals surface area contributed by atoms with Crippen molar-refractivity contribution in [1.29, 1.82) is 0 Å². The van der Waals surface area contributed by atoms with Crippen molar-refractivity contribution in [3.8, 4) is 0 Å². The molecule has 1 saturated carbocycles. The predicted molar refractivity (Wildman–Crippen MR) is 82.0 cm³/mol. The zero-order valence-electron chi connectivity index (χ0n) is 13.0. The average molecular weight is 298 g/mol. The number of nitrogens with one attached hydrogen (secondary N) is 1. The van der Waals surface area contributed by atoms with E-state index in [-0.39, 0.29) is 5.91 Å². The summed E-state index contributed by atoms with van der Waals surface area (Å²) < 4.78 is 0. The molecular formula is C16H30N2O3. The third kappa shape index (κ3) is 5.24. The lowest BCUT2D eigenvalue weighted by atomic mass is 9.94. The standard InChI is InChI=1S/C16H30N2O3/c19-14(16(21)8-3-4-9-16)13-18-11-6-2-1-5-10-17-15(20)7-12-18/h14,19,21H,1-13H2,(H,17,20). The SMILES string of the molecule is O=C1CCN(CC(O)C2(O)CCCC2)CCCCCCN1. The number of carbonyl (C=O) groups is 1. The summed E-state index contributed by atoms with van der Waals surface area (Å²) >= 11 is 0. The fourth-order valence-electron chi connectivity index (χ4n) is 3.42. The highest BCUT2D eigenvalue weighted by atomic mass is 16.3. The van der Waals surface area contributed by atoms with Crippen molar-refractivity contribution >= 4 is 5.91 Å². The summed E-state index contributed by atoms with van der Waals surface area (Å²) in [5.74, 6) is 0.0935. The molecule has 1 atom stereocenters. The second kappa shape index (κ2) is 8.11. The molecule has 1 saturated heterocycles. The lowest BCUT2D eigenvalue weighted by molar-refractivity contribution is -0.121. The third-order valence-corrected chi connectivity index (χ3v) is 4.90. The highest BCUT2D eigenvalue weighted by Crippen LogP contribution is 2.32. The number of rotatable bonds is 3. The lowest BCUT2D eigenvalue weighted by Crippen LogP contribution is -2.47. The molecule has 0 radical (unpaired) electrons. The summed E-state index contributed by atoms with van der Waals surface area (Å²) in [6, 6.07) is 0. The molecule has 21 heavy (non-hydrogen) atoms. The van der Waals surface area contributed by atoms with Crippen molar-refractivity contribution in [2.75, 3.05) is 26.2 Å². The Morgan fingerprint density at radius 1 is 1.10 bits per heavy atom. The number of carbonyl (C=O) groups excluding carboxylic acids is 1. The smallest absolute Gasteiger partial charge is 0.221 e. The van der Waals surface area contributed by atoms with Crippen molar-refractivity contribution in [3.05, 3.63) is 0 Å². The molecule has 0 aromatic heterocycles. The van der Waals surface area contributed by atoms with E-state index in [1.807, 2.05) is 0 Å². The average Bonchev–Trinajstić information content (AvgIpc) is 2.89. The van der Waals surface area contributed by atoms with E-state index in [4.69, 9.17) is 0 Å². The van der Waals surface area contributed by atoms with Gasteiger partial charge in [0.2, 0.25) is 5.91 Å². The Kier molecular flexibility index (Phi) is 6.45. The van der Waals surface area contributed by atoms with Gasteiger partial charge < -0.3 is 20.4 Å². The molecule has 2 rings (SSSR count). The number of hydrogen-bond acceptors (Lipinski definition) is 4. The maximum atomic E-state index is 11.7. The van der Waals surface area contributed by atoms with E-state index in [1.54, 1.807) is 0 Å². The van der Waals surface area contributed by atoms with Crippen LogP contribution in [0.4, 0.5) is 0 Å². The zero-order chi connectivity index (χ0) is 15.1. The van der Waals surface area contributed by atoms with Gasteiger partial charge in [0, 0.05) is 26.1 Å². The molecule has 2 aliphatic rings. The Labute approximate surface area is 127 Å². The first-order valence-electron chi connectivity index (χ1n) is 8.50. The molecule has 5 nitrogen and oxygen atoms in total. The number of aliphatic hydroxyl groups is 2. The molecular weight excluding hydrogens is 268 g/mol. The van der Waals surface area contributed by atoms with Crippen LogP contribution in [0.15, 0.2) is 0 Å². The van der Waals surface area contributed by atoms with Crippen LogP contribution in [0.1, 0.15) is 57.8 Å². The number of amides is 1.